The summed E-state index contributed by atoms with van der Waals surface area (Å²) in [6.07, 6.45) is 0. The summed E-state index contributed by atoms with van der Waals surface area (Å²) in [4.78, 5) is 19.2. The minimum Gasteiger partial charge on any atom is -0.329 e. The van der Waals surface area contributed by atoms with Gasteiger partial charge in [0, 0.05) is 23.3 Å². The van der Waals surface area contributed by atoms with E-state index in [9.17, 15) is 4.79 Å². The number of halogens is 1. The van der Waals surface area contributed by atoms with Gasteiger partial charge in [0.15, 0.2) is 0 Å². The maximum atomic E-state index is 11.3. The van der Waals surface area contributed by atoms with Crippen LogP contribution in [0.5, 0.6) is 0 Å². The number of nitrogens with one attached hydrogen (secondary N) is 1. The van der Waals surface area contributed by atoms with Crippen molar-refractivity contribution in [1.82, 2.24) is 9.97 Å². The van der Waals surface area contributed by atoms with Gasteiger partial charge in [0.25, 0.3) is 0 Å². The lowest BCUT2D eigenvalue weighted by Crippen LogP contribution is -2.19. The second kappa shape index (κ2) is 5.02. The summed E-state index contributed by atoms with van der Waals surface area (Å²) in [6, 6.07) is 11.0. The van der Waals surface area contributed by atoms with Gasteiger partial charge >= 0.3 is 5.69 Å². The zero-order valence-electron chi connectivity index (χ0n) is 9.51. The molecular formula is C12H9BrN4O. The first-order valence-electron chi connectivity index (χ1n) is 5.11. The lowest BCUT2D eigenvalue weighted by molar-refractivity contribution is 1.01. The van der Waals surface area contributed by atoms with Crippen LogP contribution in [0.2, 0.25) is 0 Å². The molecule has 0 atom stereocenters. The second-order valence-electron chi connectivity index (χ2n) is 3.61. The molecule has 1 aromatic heterocycles. The van der Waals surface area contributed by atoms with Gasteiger partial charge in [-0.2, -0.15) is 10.2 Å². The molecule has 90 valence electrons. The molecule has 0 unspecified atom stereocenters. The van der Waals surface area contributed by atoms with Crippen LogP contribution in [-0.4, -0.2) is 17.0 Å². The molecule has 0 bridgehead atoms. The third-order valence-electron chi connectivity index (χ3n) is 2.39. The molecule has 0 aliphatic carbocycles. The van der Waals surface area contributed by atoms with Crippen LogP contribution >= 0.6 is 15.9 Å². The first-order chi connectivity index (χ1) is 8.60. The molecule has 0 spiro atoms. The number of aromatic amines is 1. The Balaban J connectivity index is 2.46. The first-order valence-corrected chi connectivity index (χ1v) is 5.90. The predicted octanol–water partition coefficient (Wildman–Crippen LogP) is 2.17. The van der Waals surface area contributed by atoms with Crippen molar-refractivity contribution in [2.75, 3.05) is 11.9 Å². The molecule has 0 saturated carbocycles. The minimum atomic E-state index is -0.536. The van der Waals surface area contributed by atoms with Crippen LogP contribution in [0.1, 0.15) is 5.69 Å². The fraction of sp³-hybridized carbons (Fsp3) is 0.0833. The van der Waals surface area contributed by atoms with Gasteiger partial charge in [0.1, 0.15) is 17.6 Å². The molecule has 0 fully saturated rings. The lowest BCUT2D eigenvalue weighted by atomic mass is 10.3. The monoisotopic (exact) mass is 304 g/mol. The summed E-state index contributed by atoms with van der Waals surface area (Å²) in [6.45, 7) is 0. The van der Waals surface area contributed by atoms with Crippen molar-refractivity contribution in [3.8, 4) is 6.07 Å². The molecule has 0 amide bonds. The number of nitrogens with zero attached hydrogens (tertiary/aromatic N) is 3. The molecule has 0 aliphatic heterocycles. The normalized spacial score (nSPS) is 9.83. The van der Waals surface area contributed by atoms with E-state index in [4.69, 9.17) is 5.26 Å². The van der Waals surface area contributed by atoms with Crippen molar-refractivity contribution in [3.63, 3.8) is 0 Å². The number of benzene rings is 1. The Hall–Kier alpha value is -2.13. The molecule has 1 aromatic carbocycles. The van der Waals surface area contributed by atoms with Crippen molar-refractivity contribution >= 4 is 27.4 Å². The molecule has 2 rings (SSSR count). The van der Waals surface area contributed by atoms with Crippen molar-refractivity contribution in [3.05, 3.63) is 51.0 Å². The SMILES string of the molecule is CN(c1cccc(Br)c1)c1cc(C#N)[nH]c(=O)n1. The Kier molecular flexibility index (Phi) is 3.44. The maximum Gasteiger partial charge on any atom is 0.347 e. The van der Waals surface area contributed by atoms with Gasteiger partial charge in [0.05, 0.1) is 0 Å². The van der Waals surface area contributed by atoms with E-state index in [0.717, 1.165) is 10.2 Å². The lowest BCUT2D eigenvalue weighted by Gasteiger charge is -2.18. The second-order valence-corrected chi connectivity index (χ2v) is 4.52. The fourth-order valence-corrected chi connectivity index (χ4v) is 1.88. The van der Waals surface area contributed by atoms with Gasteiger partial charge in [-0.05, 0) is 18.2 Å². The van der Waals surface area contributed by atoms with Crippen molar-refractivity contribution in [2.24, 2.45) is 0 Å². The number of anilines is 2. The topological polar surface area (TPSA) is 72.8 Å². The number of H-pyrrole nitrogens is 1. The highest BCUT2D eigenvalue weighted by Crippen LogP contribution is 2.24. The summed E-state index contributed by atoms with van der Waals surface area (Å²) >= 11 is 3.38. The Morgan fingerprint density at radius 3 is 2.89 bits per heavy atom. The Morgan fingerprint density at radius 2 is 2.22 bits per heavy atom. The first kappa shape index (κ1) is 12.3. The Labute approximate surface area is 112 Å². The van der Waals surface area contributed by atoms with E-state index in [1.807, 2.05) is 30.3 Å². The number of rotatable bonds is 2. The third kappa shape index (κ3) is 2.57. The van der Waals surface area contributed by atoms with E-state index in [-0.39, 0.29) is 5.69 Å². The average molecular weight is 305 g/mol. The quantitative estimate of drug-likeness (QED) is 0.923. The van der Waals surface area contributed by atoms with Crippen LogP contribution < -0.4 is 10.6 Å². The molecule has 0 radical (unpaired) electrons. The molecule has 0 saturated heterocycles. The number of hydrogen-bond donors (Lipinski definition) is 1. The van der Waals surface area contributed by atoms with Crippen LogP contribution in [-0.2, 0) is 0 Å². The van der Waals surface area contributed by atoms with Crippen molar-refractivity contribution in [2.45, 2.75) is 0 Å². The summed E-state index contributed by atoms with van der Waals surface area (Å²) in [5.74, 6) is 0.424. The van der Waals surface area contributed by atoms with Gasteiger partial charge in [0.2, 0.25) is 0 Å². The number of nitriles is 1. The molecular weight excluding hydrogens is 296 g/mol. The summed E-state index contributed by atoms with van der Waals surface area (Å²) < 4.78 is 0.928. The van der Waals surface area contributed by atoms with E-state index in [1.165, 1.54) is 6.07 Å². The highest BCUT2D eigenvalue weighted by molar-refractivity contribution is 9.10. The molecule has 2 aromatic rings. The highest BCUT2D eigenvalue weighted by Gasteiger charge is 2.08. The van der Waals surface area contributed by atoms with E-state index >= 15 is 0 Å². The summed E-state index contributed by atoms with van der Waals surface area (Å²) in [7, 11) is 1.78. The largest absolute Gasteiger partial charge is 0.347 e. The molecule has 18 heavy (non-hydrogen) atoms. The minimum absolute atomic E-state index is 0.187. The Bertz CT molecular complexity index is 674. The van der Waals surface area contributed by atoms with Crippen LogP contribution in [0.3, 0.4) is 0 Å². The smallest absolute Gasteiger partial charge is 0.329 e. The predicted molar refractivity (Wildman–Crippen MR) is 71.8 cm³/mol. The third-order valence-corrected chi connectivity index (χ3v) is 2.88. The highest BCUT2D eigenvalue weighted by atomic mass is 79.9. The molecule has 1 N–H and O–H groups in total. The zero-order valence-corrected chi connectivity index (χ0v) is 11.1. The zero-order chi connectivity index (χ0) is 13.1. The summed E-state index contributed by atoms with van der Waals surface area (Å²) in [5.41, 5.74) is 0.518. The maximum absolute atomic E-state index is 11.3. The molecule has 0 aliphatic rings. The van der Waals surface area contributed by atoms with E-state index in [2.05, 4.69) is 25.9 Å². The van der Waals surface area contributed by atoms with E-state index < -0.39 is 5.69 Å². The van der Waals surface area contributed by atoms with Gasteiger partial charge in [-0.25, -0.2) is 4.79 Å². The molecule has 1 heterocycles. The molecule has 6 heteroatoms. The van der Waals surface area contributed by atoms with Crippen LogP contribution in [0.15, 0.2) is 39.6 Å². The van der Waals surface area contributed by atoms with Gasteiger partial charge in [-0.15, -0.1) is 0 Å². The van der Waals surface area contributed by atoms with E-state index in [0.29, 0.717) is 5.82 Å². The Morgan fingerprint density at radius 1 is 1.44 bits per heavy atom. The van der Waals surface area contributed by atoms with Crippen LogP contribution in [0.4, 0.5) is 11.5 Å². The van der Waals surface area contributed by atoms with Crippen LogP contribution in [0, 0.1) is 11.3 Å². The van der Waals surface area contributed by atoms with Gasteiger partial charge < -0.3 is 4.90 Å². The number of hydrogen-bond acceptors (Lipinski definition) is 4. The van der Waals surface area contributed by atoms with Gasteiger partial charge in [-0.3, -0.25) is 4.98 Å². The van der Waals surface area contributed by atoms with Crippen molar-refractivity contribution in [1.29, 1.82) is 5.26 Å². The van der Waals surface area contributed by atoms with E-state index in [1.54, 1.807) is 11.9 Å². The van der Waals surface area contributed by atoms with Crippen LogP contribution in [0.25, 0.3) is 0 Å². The fourth-order valence-electron chi connectivity index (χ4n) is 1.49. The molecule has 5 nitrogen and oxygen atoms in total. The van der Waals surface area contributed by atoms with Gasteiger partial charge in [-0.1, -0.05) is 22.0 Å². The average Bonchev–Trinajstić information content (AvgIpc) is 2.37. The van der Waals surface area contributed by atoms with Crippen molar-refractivity contribution < 1.29 is 0 Å². The summed E-state index contributed by atoms with van der Waals surface area (Å²) in [5, 5.41) is 8.81. The number of aromatic nitrogens is 2. The standard InChI is InChI=1S/C12H9BrN4O/c1-17(10-4-2-3-8(13)5-10)11-6-9(7-14)15-12(18)16-11/h2-6H,1H3,(H,15,16,18).